The highest BCUT2D eigenvalue weighted by Gasteiger charge is 2.39. The second kappa shape index (κ2) is 4.70. The first-order valence-electron chi connectivity index (χ1n) is 7.28. The molecule has 1 aliphatic rings. The monoisotopic (exact) mass is 303 g/mol. The van der Waals surface area contributed by atoms with E-state index in [0.29, 0.717) is 16.5 Å². The number of fused-ring (bicyclic) bond motifs is 1. The number of aromatic nitrogens is 1. The molecule has 5 heteroatoms. The van der Waals surface area contributed by atoms with E-state index in [1.807, 2.05) is 19.9 Å². The summed E-state index contributed by atoms with van der Waals surface area (Å²) in [5.41, 5.74) is 8.45. The first-order valence-corrected chi connectivity index (χ1v) is 8.10. The molecule has 3 N–H and O–H groups in total. The van der Waals surface area contributed by atoms with Gasteiger partial charge in [-0.25, -0.2) is 0 Å². The minimum Gasteiger partial charge on any atom is -0.397 e. The van der Waals surface area contributed by atoms with E-state index >= 15 is 0 Å². The van der Waals surface area contributed by atoms with Crippen molar-refractivity contribution >= 4 is 33.0 Å². The average molecular weight is 303 g/mol. The van der Waals surface area contributed by atoms with Crippen molar-refractivity contribution < 1.29 is 4.79 Å². The first kappa shape index (κ1) is 14.3. The molecule has 2 heterocycles. The molecule has 0 radical (unpaired) electrons. The molecule has 112 valence electrons. The van der Waals surface area contributed by atoms with E-state index < -0.39 is 0 Å². The molecule has 4 nitrogen and oxygen atoms in total. The van der Waals surface area contributed by atoms with Crippen molar-refractivity contribution in [3.63, 3.8) is 0 Å². The van der Waals surface area contributed by atoms with Crippen molar-refractivity contribution in [2.75, 3.05) is 5.73 Å². The van der Waals surface area contributed by atoms with Gasteiger partial charge in [0.05, 0.1) is 5.69 Å². The second-order valence-corrected chi connectivity index (χ2v) is 7.57. The number of nitrogen functional groups attached to an aromatic ring is 1. The number of anilines is 1. The highest BCUT2D eigenvalue weighted by atomic mass is 32.1. The van der Waals surface area contributed by atoms with Crippen LogP contribution in [-0.4, -0.2) is 16.4 Å². The van der Waals surface area contributed by atoms with Crippen LogP contribution < -0.4 is 11.1 Å². The van der Waals surface area contributed by atoms with Crippen molar-refractivity contribution in [2.24, 2.45) is 5.92 Å². The maximum absolute atomic E-state index is 12.6. The van der Waals surface area contributed by atoms with Gasteiger partial charge in [0.15, 0.2) is 0 Å². The van der Waals surface area contributed by atoms with Crippen LogP contribution in [0.2, 0.25) is 0 Å². The molecule has 1 fully saturated rings. The fourth-order valence-electron chi connectivity index (χ4n) is 2.90. The predicted molar refractivity (Wildman–Crippen MR) is 87.8 cm³/mol. The zero-order chi connectivity index (χ0) is 15.4. The third-order valence-electron chi connectivity index (χ3n) is 4.26. The Bertz CT molecular complexity index is 729. The largest absolute Gasteiger partial charge is 0.397 e. The van der Waals surface area contributed by atoms with Crippen molar-refractivity contribution in [2.45, 2.75) is 46.1 Å². The van der Waals surface area contributed by atoms with Crippen LogP contribution in [0.4, 0.5) is 5.69 Å². The molecule has 1 saturated carbocycles. The van der Waals surface area contributed by atoms with Crippen molar-refractivity contribution in [3.8, 4) is 0 Å². The van der Waals surface area contributed by atoms with Crippen LogP contribution in [0.25, 0.3) is 10.1 Å². The van der Waals surface area contributed by atoms with Gasteiger partial charge in [-0.15, -0.1) is 11.3 Å². The highest BCUT2D eigenvalue weighted by molar-refractivity contribution is 7.21. The lowest BCUT2D eigenvalue weighted by Crippen LogP contribution is -2.45. The Labute approximate surface area is 128 Å². The van der Waals surface area contributed by atoms with E-state index in [1.54, 1.807) is 0 Å². The standard InChI is InChI=1S/C16H21N3OS/c1-8-7-11-12(9(2)18-8)13(17)14(21-11)15(20)19-16(3,4)10-5-6-10/h7,10H,5-6,17H2,1-4H3,(H,19,20). The molecule has 0 saturated heterocycles. The normalized spacial score (nSPS) is 15.4. The van der Waals surface area contributed by atoms with Crippen LogP contribution >= 0.6 is 11.3 Å². The zero-order valence-corrected chi connectivity index (χ0v) is 13.7. The van der Waals surface area contributed by atoms with Crippen LogP contribution in [0, 0.1) is 19.8 Å². The Kier molecular flexibility index (Phi) is 3.20. The molecular weight excluding hydrogens is 282 g/mol. The van der Waals surface area contributed by atoms with E-state index in [9.17, 15) is 4.79 Å². The Morgan fingerprint density at radius 1 is 1.43 bits per heavy atom. The molecule has 2 aromatic heterocycles. The third kappa shape index (κ3) is 2.50. The SMILES string of the molecule is Cc1cc2sc(C(=O)NC(C)(C)C3CC3)c(N)c2c(C)n1. The highest BCUT2D eigenvalue weighted by Crippen LogP contribution is 2.40. The maximum atomic E-state index is 12.6. The van der Waals surface area contributed by atoms with Gasteiger partial charge in [0.1, 0.15) is 4.88 Å². The Hall–Kier alpha value is -1.62. The number of nitrogens with two attached hydrogens (primary N) is 1. The van der Waals surface area contributed by atoms with Crippen molar-refractivity contribution in [1.29, 1.82) is 0 Å². The van der Waals surface area contributed by atoms with Crippen molar-refractivity contribution in [3.05, 3.63) is 22.3 Å². The Balaban J connectivity index is 1.98. The van der Waals surface area contributed by atoms with Gasteiger partial charge in [-0.1, -0.05) is 0 Å². The van der Waals surface area contributed by atoms with Gasteiger partial charge in [0.25, 0.3) is 5.91 Å². The van der Waals surface area contributed by atoms with Gasteiger partial charge in [-0.2, -0.15) is 0 Å². The molecule has 2 aromatic rings. The molecule has 0 atom stereocenters. The number of pyridine rings is 1. The van der Waals surface area contributed by atoms with Gasteiger partial charge in [0, 0.05) is 27.0 Å². The number of carbonyl (C=O) groups excluding carboxylic acids is 1. The van der Waals surface area contributed by atoms with E-state index in [-0.39, 0.29) is 11.4 Å². The Morgan fingerprint density at radius 2 is 2.10 bits per heavy atom. The van der Waals surface area contributed by atoms with Crippen LogP contribution in [-0.2, 0) is 0 Å². The molecule has 1 amide bonds. The molecule has 0 unspecified atom stereocenters. The summed E-state index contributed by atoms with van der Waals surface area (Å²) in [6, 6.07) is 1.99. The smallest absolute Gasteiger partial charge is 0.263 e. The van der Waals surface area contributed by atoms with Gasteiger partial charge in [-0.3, -0.25) is 9.78 Å². The number of hydrogen-bond acceptors (Lipinski definition) is 4. The summed E-state index contributed by atoms with van der Waals surface area (Å²) in [6.45, 7) is 8.07. The summed E-state index contributed by atoms with van der Waals surface area (Å²) in [5.74, 6) is 0.519. The minimum absolute atomic E-state index is 0.0670. The average Bonchev–Trinajstić information content (AvgIpc) is 3.14. The molecule has 0 bridgehead atoms. The molecular formula is C16H21N3OS. The number of thiophene rings is 1. The quantitative estimate of drug-likeness (QED) is 0.913. The van der Waals surface area contributed by atoms with Crippen LogP contribution in [0.3, 0.4) is 0 Å². The summed E-state index contributed by atoms with van der Waals surface area (Å²) in [4.78, 5) is 17.6. The van der Waals surface area contributed by atoms with Crippen LogP contribution in [0.15, 0.2) is 6.07 Å². The number of nitrogens with one attached hydrogen (secondary N) is 1. The molecule has 0 aliphatic heterocycles. The Morgan fingerprint density at radius 3 is 2.71 bits per heavy atom. The molecule has 21 heavy (non-hydrogen) atoms. The molecule has 1 aliphatic carbocycles. The first-order chi connectivity index (χ1) is 9.79. The van der Waals surface area contributed by atoms with E-state index in [0.717, 1.165) is 21.5 Å². The zero-order valence-electron chi connectivity index (χ0n) is 12.9. The van der Waals surface area contributed by atoms with Gasteiger partial charge in [0.2, 0.25) is 0 Å². The molecule has 0 spiro atoms. The third-order valence-corrected chi connectivity index (χ3v) is 5.41. The fourth-order valence-corrected chi connectivity index (χ4v) is 4.07. The van der Waals surface area contributed by atoms with E-state index in [2.05, 4.69) is 24.1 Å². The van der Waals surface area contributed by atoms with Gasteiger partial charge >= 0.3 is 0 Å². The lowest BCUT2D eigenvalue weighted by molar-refractivity contribution is 0.0908. The van der Waals surface area contributed by atoms with E-state index in [1.165, 1.54) is 24.2 Å². The maximum Gasteiger partial charge on any atom is 0.263 e. The van der Waals surface area contributed by atoms with Gasteiger partial charge in [-0.05, 0) is 52.5 Å². The second-order valence-electron chi connectivity index (χ2n) is 6.52. The van der Waals surface area contributed by atoms with Crippen molar-refractivity contribution in [1.82, 2.24) is 10.3 Å². The minimum atomic E-state index is -0.164. The molecule has 0 aromatic carbocycles. The van der Waals surface area contributed by atoms with Gasteiger partial charge < -0.3 is 11.1 Å². The number of carbonyl (C=O) groups is 1. The van der Waals surface area contributed by atoms with Crippen LogP contribution in [0.1, 0.15) is 47.7 Å². The number of amides is 1. The summed E-state index contributed by atoms with van der Waals surface area (Å²) in [7, 11) is 0. The summed E-state index contributed by atoms with van der Waals surface area (Å²) in [6.07, 6.45) is 2.38. The lowest BCUT2D eigenvalue weighted by Gasteiger charge is -2.25. The topological polar surface area (TPSA) is 68.0 Å². The number of nitrogens with zero attached hydrogens (tertiary/aromatic N) is 1. The summed E-state index contributed by atoms with van der Waals surface area (Å²) in [5, 5.41) is 4.06. The number of hydrogen-bond donors (Lipinski definition) is 2. The van der Waals surface area contributed by atoms with Crippen LogP contribution in [0.5, 0.6) is 0 Å². The number of rotatable bonds is 3. The fraction of sp³-hybridized carbons (Fsp3) is 0.500. The van der Waals surface area contributed by atoms with E-state index in [4.69, 9.17) is 5.73 Å². The number of aryl methyl sites for hydroxylation is 2. The summed E-state index contributed by atoms with van der Waals surface area (Å²) >= 11 is 1.46. The lowest BCUT2D eigenvalue weighted by atomic mass is 9.98. The predicted octanol–water partition coefficient (Wildman–Crippen LogP) is 3.41. The summed E-state index contributed by atoms with van der Waals surface area (Å²) < 4.78 is 1.03. The molecule has 3 rings (SSSR count).